The van der Waals surface area contributed by atoms with Crippen LogP contribution in [-0.2, 0) is 32.6 Å². The molecule has 0 saturated heterocycles. The number of ether oxygens (including phenoxy) is 2. The number of amides is 2. The van der Waals surface area contributed by atoms with E-state index in [9.17, 15) is 18.0 Å². The van der Waals surface area contributed by atoms with E-state index in [1.165, 1.54) is 30.2 Å². The minimum Gasteiger partial charge on any atom is -0.497 e. The van der Waals surface area contributed by atoms with Gasteiger partial charge in [-0.2, -0.15) is 0 Å². The minimum atomic E-state index is -3.92. The van der Waals surface area contributed by atoms with Crippen molar-refractivity contribution in [3.05, 3.63) is 88.9 Å². The second kappa shape index (κ2) is 15.5. The Labute approximate surface area is 253 Å². The molecule has 0 saturated carbocycles. The van der Waals surface area contributed by atoms with E-state index in [1.807, 2.05) is 43.3 Å². The molecule has 0 heterocycles. The van der Waals surface area contributed by atoms with Crippen molar-refractivity contribution in [2.75, 3.05) is 37.9 Å². The molecule has 0 fully saturated rings. The quantitative estimate of drug-likeness (QED) is 0.249. The lowest BCUT2D eigenvalue weighted by Gasteiger charge is -2.33. The molecule has 0 spiro atoms. The van der Waals surface area contributed by atoms with E-state index in [1.54, 1.807) is 25.3 Å². The number of carbonyl (C=O) groups is 2. The van der Waals surface area contributed by atoms with E-state index in [-0.39, 0.29) is 29.6 Å². The van der Waals surface area contributed by atoms with Crippen molar-refractivity contribution >= 4 is 39.1 Å². The van der Waals surface area contributed by atoms with Crippen molar-refractivity contribution in [3.8, 4) is 11.5 Å². The lowest BCUT2D eigenvalue weighted by molar-refractivity contribution is -0.140. The van der Waals surface area contributed by atoms with E-state index in [4.69, 9.17) is 21.1 Å². The monoisotopic (exact) mass is 615 g/mol. The van der Waals surface area contributed by atoms with Gasteiger partial charge in [0, 0.05) is 19.5 Å². The lowest BCUT2D eigenvalue weighted by Crippen LogP contribution is -2.53. The van der Waals surface area contributed by atoms with Crippen LogP contribution in [0.5, 0.6) is 11.5 Å². The third-order valence-electron chi connectivity index (χ3n) is 6.69. The molecule has 0 aromatic heterocycles. The highest BCUT2D eigenvalue weighted by Crippen LogP contribution is 2.30. The summed E-state index contributed by atoms with van der Waals surface area (Å²) in [5, 5.41) is 3.16. The fourth-order valence-electron chi connectivity index (χ4n) is 4.45. The number of methoxy groups -OCH3 is 2. The molecule has 9 nitrogen and oxygen atoms in total. The summed E-state index contributed by atoms with van der Waals surface area (Å²) in [6.07, 6.45) is 2.93. The standard InChI is InChI=1S/C31H38ClN3O6S/c1-5-6-17-33-31(37)28(19-23-11-8-7-9-12-23)34(21-24-13-10-14-26(18-24)40-2)30(36)22-35(42(4,38)39)25-15-16-29(41-3)27(32)20-25/h7-16,18,20,28H,5-6,17,19,21-22H2,1-4H3,(H,33,37)/t28-/m1/s1. The zero-order valence-corrected chi connectivity index (χ0v) is 26.0. The van der Waals surface area contributed by atoms with Crippen LogP contribution in [0, 0.1) is 0 Å². The van der Waals surface area contributed by atoms with Gasteiger partial charge in [0.1, 0.15) is 24.1 Å². The number of carbonyl (C=O) groups excluding carboxylic acids is 2. The summed E-state index contributed by atoms with van der Waals surface area (Å²) in [4.78, 5) is 29.3. The molecule has 1 N–H and O–H groups in total. The molecule has 2 amide bonds. The Morgan fingerprint density at radius 1 is 0.952 bits per heavy atom. The van der Waals surface area contributed by atoms with Crippen molar-refractivity contribution in [2.45, 2.75) is 38.8 Å². The van der Waals surface area contributed by atoms with Gasteiger partial charge in [-0.15, -0.1) is 0 Å². The van der Waals surface area contributed by atoms with E-state index in [2.05, 4.69) is 5.32 Å². The molecule has 3 rings (SSSR count). The largest absolute Gasteiger partial charge is 0.497 e. The Morgan fingerprint density at radius 3 is 2.29 bits per heavy atom. The number of sulfonamides is 1. The van der Waals surface area contributed by atoms with E-state index >= 15 is 0 Å². The maximum Gasteiger partial charge on any atom is 0.244 e. The van der Waals surface area contributed by atoms with Crippen LogP contribution in [0.2, 0.25) is 5.02 Å². The Hall–Kier alpha value is -3.76. The van der Waals surface area contributed by atoms with Crippen LogP contribution in [-0.4, -0.2) is 64.7 Å². The third-order valence-corrected chi connectivity index (χ3v) is 8.13. The maximum atomic E-state index is 14.2. The van der Waals surface area contributed by atoms with Crippen molar-refractivity contribution in [2.24, 2.45) is 0 Å². The Morgan fingerprint density at radius 2 is 1.67 bits per heavy atom. The molecule has 11 heteroatoms. The van der Waals surface area contributed by atoms with Crippen molar-refractivity contribution < 1.29 is 27.5 Å². The molecule has 0 aliphatic heterocycles. The molecular weight excluding hydrogens is 578 g/mol. The molecule has 0 bridgehead atoms. The number of benzene rings is 3. The molecule has 3 aromatic carbocycles. The number of nitrogens with zero attached hydrogens (tertiary/aromatic N) is 2. The summed E-state index contributed by atoms with van der Waals surface area (Å²) in [6, 6.07) is 20.2. The van der Waals surface area contributed by atoms with Crippen molar-refractivity contribution in [3.63, 3.8) is 0 Å². The van der Waals surface area contributed by atoms with Crippen molar-refractivity contribution in [1.29, 1.82) is 0 Å². The summed E-state index contributed by atoms with van der Waals surface area (Å²) in [5.41, 5.74) is 1.78. The van der Waals surface area contributed by atoms with Crippen LogP contribution in [0.15, 0.2) is 72.8 Å². The number of rotatable bonds is 15. The molecule has 0 aliphatic carbocycles. The molecule has 226 valence electrons. The highest BCUT2D eigenvalue weighted by atomic mass is 35.5. The Balaban J connectivity index is 2.06. The Kier molecular flexibility index (Phi) is 12.1. The SMILES string of the molecule is CCCCNC(=O)[C@@H](Cc1ccccc1)N(Cc1cccc(OC)c1)C(=O)CN(c1ccc(OC)c(Cl)c1)S(C)(=O)=O. The lowest BCUT2D eigenvalue weighted by atomic mass is 10.0. The van der Waals surface area contributed by atoms with Crippen LogP contribution < -0.4 is 19.1 Å². The van der Waals surface area contributed by atoms with Crippen molar-refractivity contribution in [1.82, 2.24) is 10.2 Å². The number of hydrogen-bond acceptors (Lipinski definition) is 6. The Bertz CT molecular complexity index is 1450. The third kappa shape index (κ3) is 9.12. The van der Waals surface area contributed by atoms with Gasteiger partial charge >= 0.3 is 0 Å². The highest BCUT2D eigenvalue weighted by Gasteiger charge is 2.33. The van der Waals surface area contributed by atoms with Crippen LogP contribution in [0.3, 0.4) is 0 Å². The summed E-state index contributed by atoms with van der Waals surface area (Å²) in [5.74, 6) is 0.0905. The van der Waals surface area contributed by atoms with Gasteiger partial charge in [-0.25, -0.2) is 8.42 Å². The van der Waals surface area contributed by atoms with E-state index < -0.39 is 28.5 Å². The highest BCUT2D eigenvalue weighted by molar-refractivity contribution is 7.92. The average Bonchev–Trinajstić information content (AvgIpc) is 2.97. The number of nitrogens with one attached hydrogen (secondary N) is 1. The maximum absolute atomic E-state index is 14.2. The predicted molar refractivity (Wildman–Crippen MR) is 166 cm³/mol. The molecule has 0 radical (unpaired) electrons. The first-order valence-electron chi connectivity index (χ1n) is 13.6. The fourth-order valence-corrected chi connectivity index (χ4v) is 5.55. The summed E-state index contributed by atoms with van der Waals surface area (Å²) in [7, 11) is -0.924. The van der Waals surface area contributed by atoms with Gasteiger partial charge in [0.15, 0.2) is 0 Å². The van der Waals surface area contributed by atoms with Gasteiger partial charge in [-0.1, -0.05) is 67.4 Å². The number of unbranched alkanes of at least 4 members (excludes halogenated alkanes) is 1. The fraction of sp³-hybridized carbons (Fsp3) is 0.355. The van der Waals surface area contributed by atoms with E-state index in [0.29, 0.717) is 18.0 Å². The van der Waals surface area contributed by atoms with Crippen LogP contribution in [0.4, 0.5) is 5.69 Å². The second-order valence-electron chi connectivity index (χ2n) is 9.81. The molecule has 3 aromatic rings. The van der Waals surface area contributed by atoms with Gasteiger partial charge in [-0.05, 0) is 47.9 Å². The van der Waals surface area contributed by atoms with E-state index in [0.717, 1.165) is 34.5 Å². The molecule has 0 aliphatic rings. The summed E-state index contributed by atoms with van der Waals surface area (Å²) < 4.78 is 37.4. The number of anilines is 1. The van der Waals surface area contributed by atoms with Crippen LogP contribution >= 0.6 is 11.6 Å². The smallest absolute Gasteiger partial charge is 0.244 e. The molecule has 0 unspecified atom stereocenters. The minimum absolute atomic E-state index is 0.0513. The second-order valence-corrected chi connectivity index (χ2v) is 12.1. The van der Waals surface area contributed by atoms with Crippen LogP contribution in [0.1, 0.15) is 30.9 Å². The van der Waals surface area contributed by atoms with Gasteiger partial charge in [-0.3, -0.25) is 13.9 Å². The zero-order chi connectivity index (χ0) is 30.7. The first-order chi connectivity index (χ1) is 20.1. The topological polar surface area (TPSA) is 105 Å². The first kappa shape index (κ1) is 32.8. The normalized spacial score (nSPS) is 11.8. The zero-order valence-electron chi connectivity index (χ0n) is 24.4. The molecular formula is C31H38ClN3O6S. The summed E-state index contributed by atoms with van der Waals surface area (Å²) >= 11 is 6.29. The average molecular weight is 616 g/mol. The van der Waals surface area contributed by atoms with Crippen LogP contribution in [0.25, 0.3) is 0 Å². The van der Waals surface area contributed by atoms with Gasteiger partial charge in [0.2, 0.25) is 21.8 Å². The number of hydrogen-bond donors (Lipinski definition) is 1. The molecule has 1 atom stereocenters. The summed E-state index contributed by atoms with van der Waals surface area (Å²) in [6.45, 7) is 1.99. The number of halogens is 1. The predicted octanol–water partition coefficient (Wildman–Crippen LogP) is 4.68. The van der Waals surface area contributed by atoms with Gasteiger partial charge in [0.05, 0.1) is 31.2 Å². The molecule has 42 heavy (non-hydrogen) atoms. The first-order valence-corrected chi connectivity index (χ1v) is 15.8. The van der Waals surface area contributed by atoms with Gasteiger partial charge in [0.25, 0.3) is 0 Å². The van der Waals surface area contributed by atoms with Gasteiger partial charge < -0.3 is 19.7 Å².